The van der Waals surface area contributed by atoms with Crippen LogP contribution in [0.4, 0.5) is 0 Å². The van der Waals surface area contributed by atoms with Gasteiger partial charge in [-0.3, -0.25) is 19.3 Å². The van der Waals surface area contributed by atoms with Gasteiger partial charge in [0, 0.05) is 0 Å². The van der Waals surface area contributed by atoms with Crippen molar-refractivity contribution < 1.29 is 14.4 Å². The minimum atomic E-state index is -0.855. The Morgan fingerprint density at radius 2 is 1.35 bits per heavy atom. The number of benzene rings is 1. The number of hydrogen-bond donors (Lipinski definition) is 1. The molecule has 3 amide bonds. The summed E-state index contributed by atoms with van der Waals surface area (Å²) < 4.78 is 0. The van der Waals surface area contributed by atoms with Gasteiger partial charge in [0.15, 0.2) is 0 Å². The smallest absolute Gasteiger partial charge is 0.262 e. The number of carbonyl (C=O) groups is 3. The predicted octanol–water partition coefficient (Wildman–Crippen LogP) is 4.06. The average Bonchev–Trinajstić information content (AvgIpc) is 2.88. The van der Waals surface area contributed by atoms with E-state index in [0.717, 1.165) is 24.2 Å². The highest BCUT2D eigenvalue weighted by molar-refractivity contribution is 6.22. The number of primary amides is 1. The summed E-state index contributed by atoms with van der Waals surface area (Å²) in [6, 6.07) is 5.81. The Labute approximate surface area is 155 Å². The van der Waals surface area contributed by atoms with E-state index in [1.165, 1.54) is 38.5 Å². The van der Waals surface area contributed by atoms with Crippen LogP contribution in [0.2, 0.25) is 0 Å². The number of imide groups is 1. The van der Waals surface area contributed by atoms with Gasteiger partial charge in [-0.05, 0) is 18.6 Å². The Kier molecular flexibility index (Phi) is 7.82. The van der Waals surface area contributed by atoms with Gasteiger partial charge in [0.1, 0.15) is 6.04 Å². The highest BCUT2D eigenvalue weighted by atomic mass is 16.2. The van der Waals surface area contributed by atoms with E-state index in [9.17, 15) is 14.4 Å². The molecule has 2 rings (SSSR count). The second-order valence-electron chi connectivity index (χ2n) is 7.06. The Morgan fingerprint density at radius 3 is 1.81 bits per heavy atom. The minimum Gasteiger partial charge on any atom is -0.368 e. The molecule has 1 heterocycles. The van der Waals surface area contributed by atoms with E-state index in [1.807, 2.05) is 0 Å². The molecule has 0 bridgehead atoms. The molecule has 1 unspecified atom stereocenters. The molecule has 0 saturated heterocycles. The fourth-order valence-electron chi connectivity index (χ4n) is 3.54. The van der Waals surface area contributed by atoms with Crippen LogP contribution in [0.3, 0.4) is 0 Å². The van der Waals surface area contributed by atoms with E-state index in [2.05, 4.69) is 6.92 Å². The lowest BCUT2D eigenvalue weighted by Gasteiger charge is -2.23. The molecule has 1 atom stereocenters. The molecule has 5 nitrogen and oxygen atoms in total. The van der Waals surface area contributed by atoms with Crippen molar-refractivity contribution in [3.8, 4) is 0 Å². The molecule has 26 heavy (non-hydrogen) atoms. The number of carbonyl (C=O) groups excluding carboxylic acids is 3. The minimum absolute atomic E-state index is 0.357. The largest absolute Gasteiger partial charge is 0.368 e. The summed E-state index contributed by atoms with van der Waals surface area (Å²) in [6.07, 6.45) is 10.9. The molecule has 5 heteroatoms. The predicted molar refractivity (Wildman–Crippen MR) is 102 cm³/mol. The van der Waals surface area contributed by atoms with E-state index in [-0.39, 0.29) is 0 Å². The molecule has 0 spiro atoms. The van der Waals surface area contributed by atoms with Crippen molar-refractivity contribution in [1.29, 1.82) is 0 Å². The van der Waals surface area contributed by atoms with Crippen molar-refractivity contribution in [3.05, 3.63) is 35.4 Å². The number of rotatable bonds is 12. The Hall–Kier alpha value is -2.17. The van der Waals surface area contributed by atoms with Gasteiger partial charge in [-0.15, -0.1) is 0 Å². The third kappa shape index (κ3) is 4.93. The summed E-state index contributed by atoms with van der Waals surface area (Å²) in [5.41, 5.74) is 6.21. The summed E-state index contributed by atoms with van der Waals surface area (Å²) in [5, 5.41) is 0. The van der Waals surface area contributed by atoms with Crippen molar-refractivity contribution in [1.82, 2.24) is 4.90 Å². The molecule has 0 fully saturated rings. The van der Waals surface area contributed by atoms with Crippen molar-refractivity contribution in [3.63, 3.8) is 0 Å². The fraction of sp³-hybridized carbons (Fsp3) is 0.571. The number of amides is 3. The monoisotopic (exact) mass is 358 g/mol. The first-order valence-corrected chi connectivity index (χ1v) is 9.84. The standard InChI is InChI=1S/C21H30N2O3/c1-2-3-4-5-6-7-8-9-10-15-18(19(22)24)23-20(25)16-13-11-12-14-17(16)21(23)26/h11-14,18H,2-10,15H2,1H3,(H2,22,24). The zero-order chi connectivity index (χ0) is 18.9. The van der Waals surface area contributed by atoms with Gasteiger partial charge in [0.2, 0.25) is 5.91 Å². The van der Waals surface area contributed by atoms with E-state index in [1.54, 1.807) is 24.3 Å². The molecular weight excluding hydrogens is 328 g/mol. The van der Waals surface area contributed by atoms with Crippen molar-refractivity contribution >= 4 is 17.7 Å². The van der Waals surface area contributed by atoms with Crippen LogP contribution in [0, 0.1) is 0 Å². The SMILES string of the molecule is CCCCCCCCCCCC(C(N)=O)N1C(=O)c2ccccc2C1=O. The molecule has 0 aromatic heterocycles. The first kappa shape index (κ1) is 20.1. The summed E-state index contributed by atoms with van der Waals surface area (Å²) in [6.45, 7) is 2.21. The highest BCUT2D eigenvalue weighted by Crippen LogP contribution is 2.26. The third-order valence-corrected chi connectivity index (χ3v) is 5.05. The fourth-order valence-corrected chi connectivity index (χ4v) is 3.54. The number of nitrogens with two attached hydrogens (primary N) is 1. The Balaban J connectivity index is 1.80. The van der Waals surface area contributed by atoms with Crippen LogP contribution in [0.15, 0.2) is 24.3 Å². The Morgan fingerprint density at radius 1 is 0.885 bits per heavy atom. The third-order valence-electron chi connectivity index (χ3n) is 5.05. The average molecular weight is 358 g/mol. The molecule has 1 aliphatic heterocycles. The summed E-state index contributed by atoms with van der Waals surface area (Å²) in [4.78, 5) is 37.9. The van der Waals surface area contributed by atoms with E-state index >= 15 is 0 Å². The van der Waals surface area contributed by atoms with Crippen LogP contribution in [0.5, 0.6) is 0 Å². The lowest BCUT2D eigenvalue weighted by atomic mass is 10.0. The van der Waals surface area contributed by atoms with Gasteiger partial charge in [-0.2, -0.15) is 0 Å². The Bertz CT molecular complexity index is 607. The summed E-state index contributed by atoms with van der Waals surface area (Å²) in [7, 11) is 0. The zero-order valence-electron chi connectivity index (χ0n) is 15.7. The molecule has 0 aliphatic carbocycles. The molecule has 1 aliphatic rings. The van der Waals surface area contributed by atoms with Crippen molar-refractivity contribution in [2.24, 2.45) is 5.73 Å². The lowest BCUT2D eigenvalue weighted by molar-refractivity contribution is -0.122. The van der Waals surface area contributed by atoms with Crippen LogP contribution in [0.1, 0.15) is 91.8 Å². The number of fused-ring (bicyclic) bond motifs is 1. The first-order valence-electron chi connectivity index (χ1n) is 9.84. The van der Waals surface area contributed by atoms with Gasteiger partial charge in [0.25, 0.3) is 11.8 Å². The van der Waals surface area contributed by atoms with Crippen LogP contribution in [-0.2, 0) is 4.79 Å². The van der Waals surface area contributed by atoms with Crippen LogP contribution in [-0.4, -0.2) is 28.7 Å². The summed E-state index contributed by atoms with van der Waals surface area (Å²) >= 11 is 0. The molecule has 1 aromatic carbocycles. The molecule has 1 aromatic rings. The van der Waals surface area contributed by atoms with Crippen molar-refractivity contribution in [2.75, 3.05) is 0 Å². The highest BCUT2D eigenvalue weighted by Gasteiger charge is 2.41. The maximum atomic E-state index is 12.5. The maximum Gasteiger partial charge on any atom is 0.262 e. The van der Waals surface area contributed by atoms with E-state index < -0.39 is 23.8 Å². The van der Waals surface area contributed by atoms with E-state index in [0.29, 0.717) is 17.5 Å². The summed E-state index contributed by atoms with van der Waals surface area (Å²) in [5.74, 6) is -1.44. The normalized spacial score (nSPS) is 14.6. The molecule has 142 valence electrons. The van der Waals surface area contributed by atoms with Gasteiger partial charge in [0.05, 0.1) is 11.1 Å². The molecule has 0 saturated carbocycles. The molecule has 0 radical (unpaired) electrons. The molecule has 2 N–H and O–H groups in total. The number of hydrogen-bond acceptors (Lipinski definition) is 3. The van der Waals surface area contributed by atoms with Crippen LogP contribution in [0.25, 0.3) is 0 Å². The van der Waals surface area contributed by atoms with Crippen molar-refractivity contribution in [2.45, 2.75) is 77.2 Å². The number of nitrogens with zero attached hydrogens (tertiary/aromatic N) is 1. The number of unbranched alkanes of at least 4 members (excludes halogenated alkanes) is 8. The lowest BCUT2D eigenvalue weighted by Crippen LogP contribution is -2.47. The topological polar surface area (TPSA) is 80.5 Å². The van der Waals surface area contributed by atoms with Gasteiger partial charge in [-0.1, -0.05) is 76.8 Å². The zero-order valence-corrected chi connectivity index (χ0v) is 15.7. The van der Waals surface area contributed by atoms with Gasteiger partial charge < -0.3 is 5.73 Å². The van der Waals surface area contributed by atoms with Crippen LogP contribution >= 0.6 is 0 Å². The van der Waals surface area contributed by atoms with Gasteiger partial charge in [-0.25, -0.2) is 0 Å². The quantitative estimate of drug-likeness (QED) is 0.452. The van der Waals surface area contributed by atoms with E-state index in [4.69, 9.17) is 5.73 Å². The van der Waals surface area contributed by atoms with Gasteiger partial charge >= 0.3 is 0 Å². The second kappa shape index (κ2) is 10.1. The second-order valence-corrected chi connectivity index (χ2v) is 7.06. The first-order chi connectivity index (χ1) is 12.6. The van der Waals surface area contributed by atoms with Crippen LogP contribution < -0.4 is 5.73 Å². The molecular formula is C21H30N2O3. The maximum absolute atomic E-state index is 12.5.